The number of hydrogen-bond acceptors (Lipinski definition) is 3. The molecule has 0 unspecified atom stereocenters. The molecule has 3 heteroatoms. The van der Waals surface area contributed by atoms with Crippen LogP contribution in [-0.2, 0) is 6.54 Å². The summed E-state index contributed by atoms with van der Waals surface area (Å²) in [5, 5.41) is 13.3. The summed E-state index contributed by atoms with van der Waals surface area (Å²) in [6.07, 6.45) is 1.80. The number of pyridine rings is 1. The van der Waals surface area contributed by atoms with Gasteiger partial charge in [0.05, 0.1) is 17.1 Å². The molecule has 3 nitrogen and oxygen atoms in total. The van der Waals surface area contributed by atoms with Crippen LogP contribution in [0.25, 0.3) is 10.9 Å². The van der Waals surface area contributed by atoms with Crippen molar-refractivity contribution in [2.24, 2.45) is 0 Å². The lowest BCUT2D eigenvalue weighted by Crippen LogP contribution is -2.00. The summed E-state index contributed by atoms with van der Waals surface area (Å²) in [5.74, 6) is 0. The van der Waals surface area contributed by atoms with Crippen molar-refractivity contribution in [3.05, 3.63) is 71.9 Å². The molecular formula is C17H13N3. The zero-order chi connectivity index (χ0) is 13.8. The Morgan fingerprint density at radius 1 is 1.00 bits per heavy atom. The van der Waals surface area contributed by atoms with Crippen molar-refractivity contribution in [2.75, 3.05) is 5.32 Å². The van der Waals surface area contributed by atoms with Gasteiger partial charge in [0.15, 0.2) is 0 Å². The fourth-order valence-electron chi connectivity index (χ4n) is 2.15. The Morgan fingerprint density at radius 2 is 1.85 bits per heavy atom. The zero-order valence-electron chi connectivity index (χ0n) is 10.9. The summed E-state index contributed by atoms with van der Waals surface area (Å²) in [7, 11) is 0. The van der Waals surface area contributed by atoms with E-state index in [-0.39, 0.29) is 0 Å². The quantitative estimate of drug-likeness (QED) is 0.779. The average molecular weight is 259 g/mol. The maximum Gasteiger partial charge on any atom is 0.0991 e. The van der Waals surface area contributed by atoms with Crippen LogP contribution < -0.4 is 5.32 Å². The molecule has 0 fully saturated rings. The number of fused-ring (bicyclic) bond motifs is 1. The van der Waals surface area contributed by atoms with Crippen LogP contribution in [0.4, 0.5) is 5.69 Å². The van der Waals surface area contributed by atoms with Gasteiger partial charge in [-0.05, 0) is 42.0 Å². The van der Waals surface area contributed by atoms with Gasteiger partial charge in [-0.3, -0.25) is 4.98 Å². The van der Waals surface area contributed by atoms with Crippen molar-refractivity contribution in [2.45, 2.75) is 6.54 Å². The smallest absolute Gasteiger partial charge is 0.0991 e. The van der Waals surface area contributed by atoms with Crippen LogP contribution in [-0.4, -0.2) is 4.98 Å². The Morgan fingerprint density at radius 3 is 2.65 bits per heavy atom. The van der Waals surface area contributed by atoms with Crippen LogP contribution in [0.3, 0.4) is 0 Å². The number of rotatable bonds is 3. The highest BCUT2D eigenvalue weighted by Gasteiger charge is 2.01. The van der Waals surface area contributed by atoms with E-state index in [0.29, 0.717) is 5.56 Å². The molecule has 0 saturated carbocycles. The fraction of sp³-hybridized carbons (Fsp3) is 0.0588. The number of benzene rings is 2. The predicted octanol–water partition coefficient (Wildman–Crippen LogP) is 3.72. The minimum Gasteiger partial charge on any atom is -0.380 e. The maximum atomic E-state index is 8.78. The van der Waals surface area contributed by atoms with Gasteiger partial charge >= 0.3 is 0 Å². The molecule has 3 aromatic rings. The Balaban J connectivity index is 1.81. The summed E-state index contributed by atoms with van der Waals surface area (Å²) < 4.78 is 0. The van der Waals surface area contributed by atoms with E-state index >= 15 is 0 Å². The van der Waals surface area contributed by atoms with Gasteiger partial charge in [-0.25, -0.2) is 0 Å². The van der Waals surface area contributed by atoms with E-state index in [2.05, 4.69) is 22.4 Å². The highest BCUT2D eigenvalue weighted by Crippen LogP contribution is 2.21. The third-order valence-corrected chi connectivity index (χ3v) is 3.21. The molecule has 1 N–H and O–H groups in total. The standard InChI is InChI=1S/C17H13N3/c18-11-13-6-8-14(9-7-13)12-20-17-5-1-4-16-15(17)3-2-10-19-16/h1-10,20H,12H2. The second kappa shape index (κ2) is 5.41. The number of aromatic nitrogens is 1. The molecule has 1 heterocycles. The van der Waals surface area contributed by atoms with Crippen LogP contribution in [0.5, 0.6) is 0 Å². The van der Waals surface area contributed by atoms with Crippen LogP contribution in [0.2, 0.25) is 0 Å². The molecule has 0 bridgehead atoms. The third kappa shape index (κ3) is 2.45. The molecular weight excluding hydrogens is 246 g/mol. The summed E-state index contributed by atoms with van der Waals surface area (Å²) in [6, 6.07) is 19.8. The molecule has 0 amide bonds. The van der Waals surface area contributed by atoms with Crippen molar-refractivity contribution >= 4 is 16.6 Å². The SMILES string of the molecule is N#Cc1ccc(CNc2cccc3ncccc23)cc1. The van der Waals surface area contributed by atoms with Gasteiger partial charge in [-0.1, -0.05) is 18.2 Å². The number of hydrogen-bond donors (Lipinski definition) is 1. The first kappa shape index (κ1) is 12.2. The van der Waals surface area contributed by atoms with Gasteiger partial charge in [-0.2, -0.15) is 5.26 Å². The van der Waals surface area contributed by atoms with E-state index in [0.717, 1.165) is 28.7 Å². The molecule has 0 aliphatic rings. The lowest BCUT2D eigenvalue weighted by atomic mass is 10.1. The molecule has 0 saturated heterocycles. The lowest BCUT2D eigenvalue weighted by Gasteiger charge is -2.09. The first-order chi connectivity index (χ1) is 9.86. The molecule has 96 valence electrons. The zero-order valence-corrected chi connectivity index (χ0v) is 10.9. The second-order valence-corrected chi connectivity index (χ2v) is 4.54. The van der Waals surface area contributed by atoms with Crippen molar-refractivity contribution in [3.8, 4) is 6.07 Å². The van der Waals surface area contributed by atoms with Gasteiger partial charge in [-0.15, -0.1) is 0 Å². The molecule has 0 atom stereocenters. The van der Waals surface area contributed by atoms with Crippen LogP contribution in [0, 0.1) is 11.3 Å². The van der Waals surface area contributed by atoms with E-state index < -0.39 is 0 Å². The lowest BCUT2D eigenvalue weighted by molar-refractivity contribution is 1.15. The van der Waals surface area contributed by atoms with E-state index in [1.165, 1.54) is 0 Å². The Labute approximate surface area is 117 Å². The van der Waals surface area contributed by atoms with Gasteiger partial charge < -0.3 is 5.32 Å². The monoisotopic (exact) mass is 259 g/mol. The molecule has 3 rings (SSSR count). The van der Waals surface area contributed by atoms with E-state index in [4.69, 9.17) is 5.26 Å². The van der Waals surface area contributed by atoms with Gasteiger partial charge in [0.1, 0.15) is 0 Å². The number of anilines is 1. The van der Waals surface area contributed by atoms with Crippen molar-refractivity contribution < 1.29 is 0 Å². The number of nitriles is 1. The minimum absolute atomic E-state index is 0.683. The Kier molecular flexibility index (Phi) is 3.30. The third-order valence-electron chi connectivity index (χ3n) is 3.21. The molecule has 20 heavy (non-hydrogen) atoms. The van der Waals surface area contributed by atoms with E-state index in [9.17, 15) is 0 Å². The maximum absolute atomic E-state index is 8.78. The first-order valence-corrected chi connectivity index (χ1v) is 6.43. The highest BCUT2D eigenvalue weighted by atomic mass is 14.9. The predicted molar refractivity (Wildman–Crippen MR) is 80.2 cm³/mol. The van der Waals surface area contributed by atoms with Gasteiger partial charge in [0, 0.05) is 23.8 Å². The van der Waals surface area contributed by atoms with Crippen molar-refractivity contribution in [1.82, 2.24) is 4.98 Å². The second-order valence-electron chi connectivity index (χ2n) is 4.54. The van der Waals surface area contributed by atoms with Crippen LogP contribution in [0.1, 0.15) is 11.1 Å². The van der Waals surface area contributed by atoms with Crippen LogP contribution in [0.15, 0.2) is 60.8 Å². The molecule has 0 radical (unpaired) electrons. The Bertz CT molecular complexity index is 765. The average Bonchev–Trinajstić information content (AvgIpc) is 2.53. The number of nitrogens with zero attached hydrogens (tertiary/aromatic N) is 2. The minimum atomic E-state index is 0.683. The molecule has 0 spiro atoms. The molecule has 0 aliphatic carbocycles. The van der Waals surface area contributed by atoms with Crippen LogP contribution >= 0.6 is 0 Å². The summed E-state index contributed by atoms with van der Waals surface area (Å²) in [4.78, 5) is 4.34. The largest absolute Gasteiger partial charge is 0.380 e. The van der Waals surface area contributed by atoms with Crippen molar-refractivity contribution in [1.29, 1.82) is 5.26 Å². The Hall–Kier alpha value is -2.86. The fourth-order valence-corrected chi connectivity index (χ4v) is 2.15. The molecule has 1 aromatic heterocycles. The normalized spacial score (nSPS) is 10.2. The summed E-state index contributed by atoms with van der Waals surface area (Å²) in [5.41, 5.74) is 3.88. The summed E-state index contributed by atoms with van der Waals surface area (Å²) in [6.45, 7) is 0.722. The highest BCUT2D eigenvalue weighted by molar-refractivity contribution is 5.91. The van der Waals surface area contributed by atoms with Gasteiger partial charge in [0.25, 0.3) is 0 Å². The van der Waals surface area contributed by atoms with E-state index in [1.807, 2.05) is 48.5 Å². The molecule has 0 aliphatic heterocycles. The van der Waals surface area contributed by atoms with Crippen molar-refractivity contribution in [3.63, 3.8) is 0 Å². The van der Waals surface area contributed by atoms with Gasteiger partial charge in [0.2, 0.25) is 0 Å². The molecule has 2 aromatic carbocycles. The first-order valence-electron chi connectivity index (χ1n) is 6.43. The number of nitrogens with one attached hydrogen (secondary N) is 1. The summed E-state index contributed by atoms with van der Waals surface area (Å²) >= 11 is 0. The van der Waals surface area contributed by atoms with E-state index in [1.54, 1.807) is 6.20 Å². The topological polar surface area (TPSA) is 48.7 Å².